The molecule has 0 aromatic carbocycles. The Balaban J connectivity index is 0.00000288. The maximum atomic E-state index is 11.7. The molecule has 0 amide bonds. The third-order valence-electron chi connectivity index (χ3n) is 3.87. The number of hydrogen-bond donors (Lipinski definition) is 2. The second-order valence-corrected chi connectivity index (χ2v) is 5.74. The number of rotatable bonds is 6. The molecule has 2 unspecified atom stereocenters. The maximum absolute atomic E-state index is 11.7. The van der Waals surface area contributed by atoms with Crippen molar-refractivity contribution in [2.24, 2.45) is 0 Å². The van der Waals surface area contributed by atoms with Gasteiger partial charge in [0.2, 0.25) is 6.04 Å². The van der Waals surface area contributed by atoms with Crippen molar-refractivity contribution >= 4 is 5.97 Å². The van der Waals surface area contributed by atoms with E-state index in [-0.39, 0.29) is 77.6 Å². The number of aliphatic carboxylic acids is 1. The monoisotopic (exact) mass is 492 g/mol. The van der Waals surface area contributed by atoms with Crippen LogP contribution in [0.4, 0.5) is 0 Å². The molecule has 2 aromatic rings. The summed E-state index contributed by atoms with van der Waals surface area (Å²) in [6, 6.07) is 6.23. The summed E-state index contributed by atoms with van der Waals surface area (Å²) >= 11 is 0. The van der Waals surface area contributed by atoms with Gasteiger partial charge in [0.05, 0.1) is 6.42 Å². The molecule has 2 atom stereocenters. The van der Waals surface area contributed by atoms with Crippen LogP contribution in [0.15, 0.2) is 61.4 Å². The van der Waals surface area contributed by atoms with Gasteiger partial charge in [-0.15, -0.1) is 0 Å². The van der Waals surface area contributed by atoms with Gasteiger partial charge in [0, 0.05) is 89.7 Å². The molecule has 2 N–H and O–H groups in total. The topological polar surface area (TPSA) is 65.3 Å². The predicted octanol–water partition coefficient (Wildman–Crippen LogP) is 2.20. The quantitative estimate of drug-likeness (QED) is 0.481. The average Bonchev–Trinajstić information content (AvgIpc) is 2.50. The van der Waals surface area contributed by atoms with Gasteiger partial charge >= 0.3 is 5.97 Å². The molecule has 7 heteroatoms. The van der Waals surface area contributed by atoms with Crippen LogP contribution in [0.3, 0.4) is 0 Å². The molecule has 0 saturated heterocycles. The number of aryl methyl sites for hydroxylation is 2. The Kier molecular flexibility index (Phi) is 11.1. The number of carboxylic acids is 1. The van der Waals surface area contributed by atoms with E-state index in [1.54, 1.807) is 21.5 Å². The number of carboxylic acid groups (broad SMARTS) is 1. The molecule has 5 nitrogen and oxygen atoms in total. The van der Waals surface area contributed by atoms with Gasteiger partial charge in [-0.1, -0.05) is 6.58 Å². The van der Waals surface area contributed by atoms with E-state index in [9.17, 15) is 15.0 Å². The van der Waals surface area contributed by atoms with Gasteiger partial charge in [-0.2, -0.15) is 9.13 Å². The summed E-state index contributed by atoms with van der Waals surface area (Å²) in [7, 11) is 0. The number of aliphatic hydroxyl groups excluding tert-OH is 1. The Morgan fingerprint density at radius 3 is 1.60 bits per heavy atom. The van der Waals surface area contributed by atoms with Gasteiger partial charge in [-0.25, -0.2) is 4.79 Å². The first-order chi connectivity index (χ1) is 10.9. The van der Waals surface area contributed by atoms with Gasteiger partial charge in [0.15, 0.2) is 30.5 Å². The molecule has 2 radical (unpaired) electrons. The van der Waals surface area contributed by atoms with E-state index in [1.807, 2.05) is 50.5 Å². The largest absolute Gasteiger partial charge is 0.506 e. The Bertz CT molecular complexity index is 642. The molecule has 0 aliphatic heterocycles. The second-order valence-electron chi connectivity index (χ2n) is 5.74. The Morgan fingerprint density at radius 1 is 0.920 bits per heavy atom. The zero-order chi connectivity index (χ0) is 17.0. The minimum atomic E-state index is -0.946. The van der Waals surface area contributed by atoms with E-state index in [0.717, 1.165) is 11.1 Å². The zero-order valence-electron chi connectivity index (χ0n) is 14.5. The fraction of sp³-hybridized carbons (Fsp3) is 0.278. The third kappa shape index (κ3) is 6.97. The molecule has 126 valence electrons. The minimum absolute atomic E-state index is 0. The molecule has 25 heavy (non-hydrogen) atoms. The first kappa shape index (κ1) is 24.5. The first-order valence-corrected chi connectivity index (χ1v) is 7.44. The van der Waals surface area contributed by atoms with Gasteiger partial charge < -0.3 is 10.2 Å². The Hall–Kier alpha value is -0.482. The summed E-state index contributed by atoms with van der Waals surface area (Å²) in [6.45, 7) is 7.52. The smallest absolute Gasteiger partial charge is 0.373 e. The number of carbonyl (C=O) groups is 1. The fourth-order valence-electron chi connectivity index (χ4n) is 2.43. The van der Waals surface area contributed by atoms with Crippen molar-refractivity contribution in [2.75, 3.05) is 0 Å². The summed E-state index contributed by atoms with van der Waals surface area (Å²) in [5.74, 6) is -1.00. The van der Waals surface area contributed by atoms with Crippen LogP contribution < -0.4 is 9.13 Å². The van der Waals surface area contributed by atoms with Crippen LogP contribution in [-0.4, -0.2) is 16.2 Å². The van der Waals surface area contributed by atoms with E-state index >= 15 is 0 Å². The van der Waals surface area contributed by atoms with Crippen LogP contribution in [0.5, 0.6) is 0 Å². The molecular weight excluding hydrogens is 470 g/mol. The van der Waals surface area contributed by atoms with Crippen LogP contribution in [0.2, 0.25) is 0 Å². The van der Waals surface area contributed by atoms with Crippen LogP contribution in [0, 0.1) is 13.8 Å². The molecule has 0 spiro atoms. The number of nitrogens with zero attached hydrogens (tertiary/aromatic N) is 2. The van der Waals surface area contributed by atoms with Crippen molar-refractivity contribution in [1.82, 2.24) is 0 Å². The molecule has 0 bridgehead atoms. The van der Waals surface area contributed by atoms with Crippen LogP contribution in [-0.2, 0) is 70.2 Å². The third-order valence-corrected chi connectivity index (χ3v) is 3.87. The molecule has 0 aliphatic carbocycles. The number of aromatic nitrogens is 2. The zero-order valence-corrected chi connectivity index (χ0v) is 20.2. The summed E-state index contributed by atoms with van der Waals surface area (Å²) in [6.07, 6.45) is 7.32. The molecule has 0 fully saturated rings. The van der Waals surface area contributed by atoms with E-state index in [1.165, 1.54) is 0 Å². The van der Waals surface area contributed by atoms with Crippen molar-refractivity contribution in [2.45, 2.75) is 32.4 Å². The van der Waals surface area contributed by atoms with E-state index in [0.29, 0.717) is 0 Å². The van der Waals surface area contributed by atoms with Gasteiger partial charge in [-0.05, 0) is 25.0 Å². The summed E-state index contributed by atoms with van der Waals surface area (Å²) in [5.41, 5.74) is 2.15. The summed E-state index contributed by atoms with van der Waals surface area (Å²) in [4.78, 5) is 11.7. The Morgan fingerprint density at radius 2 is 1.28 bits per heavy atom. The predicted molar refractivity (Wildman–Crippen MR) is 84.8 cm³/mol. The fourth-order valence-corrected chi connectivity index (χ4v) is 2.43. The molecule has 2 aromatic heterocycles. The van der Waals surface area contributed by atoms with Crippen molar-refractivity contribution in [3.05, 3.63) is 72.5 Å². The maximum Gasteiger partial charge on any atom is 0.373 e. The van der Waals surface area contributed by atoms with Crippen LogP contribution in [0.25, 0.3) is 0 Å². The molecular formula is C18H22N2O3Y2+2. The summed E-state index contributed by atoms with van der Waals surface area (Å²) in [5, 5.41) is 19.5. The standard InChI is InChI=1S/C18H20N2O3.2Y/c1-13-4-8-19(9-5-13)16(15(3)21)12-17(18(22)23)20-10-6-14(2)7-11-20;;/h4-11,16-17H,3,12H2,1-2H3;;/p+2. The average molecular weight is 492 g/mol. The van der Waals surface area contributed by atoms with Gasteiger partial charge in [-0.3, -0.25) is 0 Å². The van der Waals surface area contributed by atoms with Crippen LogP contribution >= 0.6 is 0 Å². The summed E-state index contributed by atoms with van der Waals surface area (Å²) < 4.78 is 3.42. The minimum Gasteiger partial charge on any atom is -0.506 e. The molecule has 0 aliphatic rings. The van der Waals surface area contributed by atoms with Crippen LogP contribution in [0.1, 0.15) is 29.6 Å². The van der Waals surface area contributed by atoms with Crippen molar-refractivity contribution in [1.29, 1.82) is 0 Å². The number of aliphatic hydroxyl groups is 1. The molecule has 0 saturated carbocycles. The van der Waals surface area contributed by atoms with Crippen molar-refractivity contribution < 1.29 is 89.6 Å². The molecule has 2 rings (SSSR count). The van der Waals surface area contributed by atoms with Crippen molar-refractivity contribution in [3.63, 3.8) is 0 Å². The first-order valence-electron chi connectivity index (χ1n) is 7.44. The van der Waals surface area contributed by atoms with Crippen molar-refractivity contribution in [3.8, 4) is 0 Å². The van der Waals surface area contributed by atoms with E-state index < -0.39 is 18.1 Å². The normalized spacial score (nSPS) is 12.2. The second kappa shape index (κ2) is 11.3. The van der Waals surface area contributed by atoms with E-state index in [4.69, 9.17) is 0 Å². The van der Waals surface area contributed by atoms with Gasteiger partial charge in [0.25, 0.3) is 6.04 Å². The van der Waals surface area contributed by atoms with Gasteiger partial charge in [0.1, 0.15) is 0 Å². The SMILES string of the molecule is C=C(O)C(CC(C(=O)O)[n+]1ccc(C)cc1)[n+]1ccc(C)cc1.[Y].[Y]. The number of allylic oxidation sites excluding steroid dienone is 1. The van der Waals surface area contributed by atoms with E-state index in [2.05, 4.69) is 6.58 Å². The number of hydrogen-bond acceptors (Lipinski definition) is 2. The molecule has 2 heterocycles. The Labute approximate surface area is 198 Å². The number of pyridine rings is 2.